The molecule has 0 amide bonds. The van der Waals surface area contributed by atoms with Crippen LogP contribution >= 0.6 is 0 Å². The fourth-order valence-electron chi connectivity index (χ4n) is 2.74. The number of benzene rings is 2. The van der Waals surface area contributed by atoms with Crippen LogP contribution < -0.4 is 20.5 Å². The molecule has 3 N–H and O–H groups in total. The molecule has 0 saturated heterocycles. The first kappa shape index (κ1) is 19.6. The zero-order chi connectivity index (χ0) is 18.9. The Labute approximate surface area is 156 Å². The van der Waals surface area contributed by atoms with E-state index in [0.29, 0.717) is 25.0 Å². The van der Waals surface area contributed by atoms with Gasteiger partial charge in [-0.2, -0.15) is 0 Å². The highest BCUT2D eigenvalue weighted by Gasteiger charge is 2.06. The molecule has 2 rings (SSSR count). The summed E-state index contributed by atoms with van der Waals surface area (Å²) in [6.07, 6.45) is 0.823. The lowest BCUT2D eigenvalue weighted by Crippen LogP contribution is -2.33. The molecular weight excluding hydrogens is 326 g/mol. The van der Waals surface area contributed by atoms with E-state index >= 15 is 0 Å². The van der Waals surface area contributed by atoms with E-state index in [4.69, 9.17) is 15.2 Å². The molecule has 0 aromatic heterocycles. The number of aliphatic imine (C=N–C) groups is 1. The average molecular weight is 355 g/mol. The summed E-state index contributed by atoms with van der Waals surface area (Å²) in [6.45, 7) is 5.64. The maximum atomic E-state index is 5.99. The van der Waals surface area contributed by atoms with Gasteiger partial charge in [-0.15, -0.1) is 0 Å². The van der Waals surface area contributed by atoms with E-state index in [1.807, 2.05) is 18.2 Å². The molecule has 5 heteroatoms. The molecule has 0 aliphatic heterocycles. The van der Waals surface area contributed by atoms with Gasteiger partial charge in [-0.25, -0.2) is 0 Å². The highest BCUT2D eigenvalue weighted by molar-refractivity contribution is 5.77. The van der Waals surface area contributed by atoms with Gasteiger partial charge in [-0.1, -0.05) is 42.8 Å². The molecule has 0 aliphatic rings. The summed E-state index contributed by atoms with van der Waals surface area (Å²) >= 11 is 0. The quantitative estimate of drug-likeness (QED) is 0.563. The first-order chi connectivity index (χ1) is 12.5. The number of nitrogens with one attached hydrogen (secondary N) is 1. The van der Waals surface area contributed by atoms with Crippen LogP contribution in [-0.2, 0) is 6.42 Å². The van der Waals surface area contributed by atoms with Gasteiger partial charge in [0.25, 0.3) is 0 Å². The van der Waals surface area contributed by atoms with Crippen molar-refractivity contribution in [3.05, 3.63) is 59.2 Å². The first-order valence-electron chi connectivity index (χ1n) is 8.84. The summed E-state index contributed by atoms with van der Waals surface area (Å²) in [4.78, 5) is 4.46. The lowest BCUT2D eigenvalue weighted by molar-refractivity contribution is 0.354. The van der Waals surface area contributed by atoms with E-state index in [0.717, 1.165) is 23.5 Å². The monoisotopic (exact) mass is 355 g/mol. The van der Waals surface area contributed by atoms with Crippen molar-refractivity contribution in [2.24, 2.45) is 10.7 Å². The molecule has 1 atom stereocenters. The number of guanidine groups is 1. The van der Waals surface area contributed by atoms with Crippen LogP contribution in [-0.4, -0.2) is 33.3 Å². The predicted molar refractivity (Wildman–Crippen MR) is 107 cm³/mol. The van der Waals surface area contributed by atoms with E-state index in [1.54, 1.807) is 14.2 Å². The number of ether oxygens (including phenoxy) is 2. The van der Waals surface area contributed by atoms with E-state index in [1.165, 1.54) is 11.1 Å². The number of hydrogen-bond acceptors (Lipinski definition) is 3. The summed E-state index contributed by atoms with van der Waals surface area (Å²) in [6, 6.07) is 14.4. The highest BCUT2D eigenvalue weighted by atomic mass is 16.5. The molecule has 1 unspecified atom stereocenters. The molecular formula is C21H29N3O2. The molecule has 140 valence electrons. The Morgan fingerprint density at radius 3 is 2.58 bits per heavy atom. The van der Waals surface area contributed by atoms with Crippen molar-refractivity contribution in [2.45, 2.75) is 26.2 Å². The van der Waals surface area contributed by atoms with Crippen LogP contribution in [0, 0.1) is 6.92 Å². The van der Waals surface area contributed by atoms with Crippen molar-refractivity contribution in [3.8, 4) is 11.5 Å². The second-order valence-electron chi connectivity index (χ2n) is 6.41. The SMILES string of the molecule is COc1ccc(CCNC(N)=NCC(C)c2cccc(C)c2)cc1OC. The molecule has 2 aromatic rings. The van der Waals surface area contributed by atoms with Crippen molar-refractivity contribution in [1.29, 1.82) is 0 Å². The van der Waals surface area contributed by atoms with Crippen molar-refractivity contribution in [3.63, 3.8) is 0 Å². The number of hydrogen-bond donors (Lipinski definition) is 2. The molecule has 5 nitrogen and oxygen atoms in total. The maximum absolute atomic E-state index is 5.99. The zero-order valence-electron chi connectivity index (χ0n) is 16.1. The Balaban J connectivity index is 1.82. The number of nitrogens with zero attached hydrogens (tertiary/aromatic N) is 1. The van der Waals surface area contributed by atoms with Gasteiger partial charge in [0.05, 0.1) is 14.2 Å². The Hall–Kier alpha value is -2.69. The Morgan fingerprint density at radius 1 is 1.12 bits per heavy atom. The van der Waals surface area contributed by atoms with Crippen LogP contribution in [0.4, 0.5) is 0 Å². The number of nitrogens with two attached hydrogens (primary N) is 1. The minimum Gasteiger partial charge on any atom is -0.493 e. The number of rotatable bonds is 8. The molecule has 0 spiro atoms. The summed E-state index contributed by atoms with van der Waals surface area (Å²) in [5.74, 6) is 2.28. The second-order valence-corrected chi connectivity index (χ2v) is 6.41. The molecule has 0 radical (unpaired) electrons. The molecule has 0 bridgehead atoms. The van der Waals surface area contributed by atoms with Gasteiger partial charge < -0.3 is 20.5 Å². The van der Waals surface area contributed by atoms with Crippen LogP contribution in [0.2, 0.25) is 0 Å². The lowest BCUT2D eigenvalue weighted by atomic mass is 10.00. The number of aryl methyl sites for hydroxylation is 1. The third-order valence-corrected chi connectivity index (χ3v) is 4.31. The van der Waals surface area contributed by atoms with Crippen LogP contribution in [0.5, 0.6) is 11.5 Å². The van der Waals surface area contributed by atoms with Gasteiger partial charge in [0.15, 0.2) is 17.5 Å². The van der Waals surface area contributed by atoms with Crippen LogP contribution in [0.1, 0.15) is 29.5 Å². The maximum Gasteiger partial charge on any atom is 0.188 e. The minimum atomic E-state index is 0.334. The summed E-state index contributed by atoms with van der Waals surface area (Å²) in [5.41, 5.74) is 9.69. The third-order valence-electron chi connectivity index (χ3n) is 4.31. The molecule has 0 fully saturated rings. The molecule has 0 heterocycles. The molecule has 0 aliphatic carbocycles. The standard InChI is InChI=1S/C21H29N3O2/c1-15-6-5-7-18(12-15)16(2)14-24-21(22)23-11-10-17-8-9-19(25-3)20(13-17)26-4/h5-9,12-13,16H,10-11,14H2,1-4H3,(H3,22,23,24). The van der Waals surface area contributed by atoms with E-state index < -0.39 is 0 Å². The van der Waals surface area contributed by atoms with Crippen molar-refractivity contribution < 1.29 is 9.47 Å². The highest BCUT2D eigenvalue weighted by Crippen LogP contribution is 2.27. The normalized spacial score (nSPS) is 12.5. The smallest absolute Gasteiger partial charge is 0.188 e. The molecule has 0 saturated carbocycles. The van der Waals surface area contributed by atoms with Gasteiger partial charge >= 0.3 is 0 Å². The third kappa shape index (κ3) is 5.69. The van der Waals surface area contributed by atoms with Crippen LogP contribution in [0.25, 0.3) is 0 Å². The Bertz CT molecular complexity index is 744. The van der Waals surface area contributed by atoms with E-state index in [9.17, 15) is 0 Å². The van der Waals surface area contributed by atoms with Crippen LogP contribution in [0.3, 0.4) is 0 Å². The van der Waals surface area contributed by atoms with E-state index in [-0.39, 0.29) is 0 Å². The molecule has 26 heavy (non-hydrogen) atoms. The number of methoxy groups -OCH3 is 2. The first-order valence-corrected chi connectivity index (χ1v) is 8.84. The Kier molecular flexibility index (Phi) is 7.33. The fourth-order valence-corrected chi connectivity index (χ4v) is 2.74. The van der Waals surface area contributed by atoms with Crippen molar-refractivity contribution in [2.75, 3.05) is 27.3 Å². The van der Waals surface area contributed by atoms with Gasteiger partial charge in [0.2, 0.25) is 0 Å². The summed E-state index contributed by atoms with van der Waals surface area (Å²) in [5, 5.41) is 3.17. The second kappa shape index (κ2) is 9.70. The van der Waals surface area contributed by atoms with Gasteiger partial charge in [0.1, 0.15) is 0 Å². The predicted octanol–water partition coefficient (Wildman–Crippen LogP) is 3.26. The summed E-state index contributed by atoms with van der Waals surface area (Å²) < 4.78 is 10.6. The average Bonchev–Trinajstić information content (AvgIpc) is 2.65. The fraction of sp³-hybridized carbons (Fsp3) is 0.381. The van der Waals surface area contributed by atoms with Crippen LogP contribution in [0.15, 0.2) is 47.5 Å². The topological polar surface area (TPSA) is 68.9 Å². The Morgan fingerprint density at radius 2 is 1.88 bits per heavy atom. The van der Waals surface area contributed by atoms with Gasteiger partial charge in [0, 0.05) is 19.0 Å². The van der Waals surface area contributed by atoms with Gasteiger partial charge in [-0.05, 0) is 36.6 Å². The zero-order valence-corrected chi connectivity index (χ0v) is 16.1. The summed E-state index contributed by atoms with van der Waals surface area (Å²) in [7, 11) is 3.27. The minimum absolute atomic E-state index is 0.334. The van der Waals surface area contributed by atoms with Crippen molar-refractivity contribution in [1.82, 2.24) is 5.32 Å². The largest absolute Gasteiger partial charge is 0.493 e. The van der Waals surface area contributed by atoms with Gasteiger partial charge in [-0.3, -0.25) is 4.99 Å². The molecule has 2 aromatic carbocycles. The van der Waals surface area contributed by atoms with E-state index in [2.05, 4.69) is 48.4 Å². The lowest BCUT2D eigenvalue weighted by Gasteiger charge is -2.12. The van der Waals surface area contributed by atoms with Crippen molar-refractivity contribution >= 4 is 5.96 Å².